The van der Waals surface area contributed by atoms with Crippen molar-refractivity contribution in [3.8, 4) is 0 Å². The van der Waals surface area contributed by atoms with Gasteiger partial charge in [-0.3, -0.25) is 9.69 Å². The van der Waals surface area contributed by atoms with E-state index in [9.17, 15) is 9.18 Å². The minimum absolute atomic E-state index is 0.00181. The monoisotopic (exact) mass is 403 g/mol. The quantitative estimate of drug-likeness (QED) is 0.547. The maximum Gasteiger partial charge on any atom is 0.239 e. The van der Waals surface area contributed by atoms with E-state index in [1.165, 1.54) is 40.8 Å². The van der Waals surface area contributed by atoms with Gasteiger partial charge in [0.15, 0.2) is 5.13 Å². The number of amides is 1. The van der Waals surface area contributed by atoms with Crippen LogP contribution in [-0.4, -0.2) is 48.7 Å². The van der Waals surface area contributed by atoms with Crippen LogP contribution in [0.25, 0.3) is 10.2 Å². The average molecular weight is 404 g/mol. The number of hydrogen-bond acceptors (Lipinski definition) is 5. The number of fused-ring (bicyclic) bond motifs is 1. The van der Waals surface area contributed by atoms with E-state index in [1.54, 1.807) is 11.0 Å². The van der Waals surface area contributed by atoms with Crippen molar-refractivity contribution in [3.63, 3.8) is 0 Å². The first-order chi connectivity index (χ1) is 12.9. The summed E-state index contributed by atoms with van der Waals surface area (Å²) in [7, 11) is 3.94. The molecule has 27 heavy (non-hydrogen) atoms. The van der Waals surface area contributed by atoms with Crippen molar-refractivity contribution in [2.75, 3.05) is 37.8 Å². The molecule has 0 aliphatic carbocycles. The highest BCUT2D eigenvalue weighted by Gasteiger charge is 2.20. The third-order valence-corrected chi connectivity index (χ3v) is 6.06. The Morgan fingerprint density at radius 2 is 1.89 bits per heavy atom. The van der Waals surface area contributed by atoms with Crippen LogP contribution in [0.2, 0.25) is 0 Å². The summed E-state index contributed by atoms with van der Waals surface area (Å²) in [6.45, 7) is 3.31. The van der Waals surface area contributed by atoms with Crippen molar-refractivity contribution in [1.82, 2.24) is 9.88 Å². The Kier molecular flexibility index (Phi) is 6.46. The fraction of sp³-hybridized carbons (Fsp3) is 0.300. The van der Waals surface area contributed by atoms with Gasteiger partial charge in [-0.25, -0.2) is 9.37 Å². The second kappa shape index (κ2) is 8.82. The van der Waals surface area contributed by atoms with E-state index >= 15 is 0 Å². The molecule has 1 heterocycles. The summed E-state index contributed by atoms with van der Waals surface area (Å²) in [4.78, 5) is 22.3. The molecule has 7 heteroatoms. The van der Waals surface area contributed by atoms with Crippen LogP contribution >= 0.6 is 23.1 Å². The molecular formula is C20H22FN3OS2. The number of aromatic nitrogens is 1. The Morgan fingerprint density at radius 1 is 1.15 bits per heavy atom. The predicted molar refractivity (Wildman–Crippen MR) is 112 cm³/mol. The number of nitrogens with zero attached hydrogens (tertiary/aromatic N) is 3. The maximum atomic E-state index is 13.5. The summed E-state index contributed by atoms with van der Waals surface area (Å²) >= 11 is 2.87. The topological polar surface area (TPSA) is 36.4 Å². The van der Waals surface area contributed by atoms with Crippen molar-refractivity contribution in [1.29, 1.82) is 0 Å². The third kappa shape index (κ3) is 5.28. The molecule has 3 rings (SSSR count). The summed E-state index contributed by atoms with van der Waals surface area (Å²) in [5.74, 6) is 0.0431. The zero-order chi connectivity index (χ0) is 19.4. The van der Waals surface area contributed by atoms with Gasteiger partial charge in [-0.15, -0.1) is 11.8 Å². The van der Waals surface area contributed by atoms with Gasteiger partial charge in [0.05, 0.1) is 16.0 Å². The number of halogens is 1. The van der Waals surface area contributed by atoms with E-state index in [2.05, 4.69) is 4.98 Å². The van der Waals surface area contributed by atoms with Crippen molar-refractivity contribution in [2.24, 2.45) is 0 Å². The third-order valence-electron chi connectivity index (χ3n) is 4.03. The first-order valence-corrected chi connectivity index (χ1v) is 10.4. The molecule has 0 aliphatic heterocycles. The second-order valence-corrected chi connectivity index (χ2v) is 8.62. The molecule has 0 fully saturated rings. The van der Waals surface area contributed by atoms with Gasteiger partial charge in [0, 0.05) is 18.0 Å². The van der Waals surface area contributed by atoms with E-state index in [-0.39, 0.29) is 11.7 Å². The Balaban J connectivity index is 1.78. The van der Waals surface area contributed by atoms with Crippen molar-refractivity contribution in [3.05, 3.63) is 53.8 Å². The lowest BCUT2D eigenvalue weighted by molar-refractivity contribution is -0.116. The summed E-state index contributed by atoms with van der Waals surface area (Å²) in [6.07, 6.45) is 0. The fourth-order valence-corrected chi connectivity index (χ4v) is 4.29. The molecule has 0 spiro atoms. The van der Waals surface area contributed by atoms with E-state index in [0.29, 0.717) is 22.9 Å². The summed E-state index contributed by atoms with van der Waals surface area (Å²) in [5.41, 5.74) is 1.91. The van der Waals surface area contributed by atoms with Crippen molar-refractivity contribution >= 4 is 44.4 Å². The molecule has 1 aromatic heterocycles. The average Bonchev–Trinajstić information content (AvgIpc) is 3.03. The van der Waals surface area contributed by atoms with Crippen LogP contribution in [0, 0.1) is 12.7 Å². The van der Waals surface area contributed by atoms with Gasteiger partial charge >= 0.3 is 0 Å². The summed E-state index contributed by atoms with van der Waals surface area (Å²) < 4.78 is 14.2. The molecule has 0 radical (unpaired) electrons. The van der Waals surface area contributed by atoms with E-state index in [1.807, 2.05) is 50.2 Å². The molecule has 1 amide bonds. The van der Waals surface area contributed by atoms with Gasteiger partial charge in [-0.05, 0) is 51.4 Å². The lowest BCUT2D eigenvalue weighted by Gasteiger charge is -2.21. The van der Waals surface area contributed by atoms with Crippen molar-refractivity contribution in [2.45, 2.75) is 11.8 Å². The zero-order valence-corrected chi connectivity index (χ0v) is 17.2. The first kappa shape index (κ1) is 19.8. The number of thiazole rings is 1. The highest BCUT2D eigenvalue weighted by molar-refractivity contribution is 8.00. The molecule has 0 unspecified atom stereocenters. The fourth-order valence-electron chi connectivity index (χ4n) is 2.49. The lowest BCUT2D eigenvalue weighted by Crippen LogP contribution is -2.37. The van der Waals surface area contributed by atoms with Crippen LogP contribution < -0.4 is 4.90 Å². The van der Waals surface area contributed by atoms with E-state index in [0.717, 1.165) is 16.1 Å². The standard InChI is InChI=1S/C20H22FN3OS2/c1-14-4-7-16(8-5-14)26-13-19(25)24(11-10-23(2)3)20-22-17-9-6-15(21)12-18(17)27-20/h4-9,12H,10-11,13H2,1-3H3. The van der Waals surface area contributed by atoms with Gasteiger partial charge in [0.1, 0.15) is 5.82 Å². The summed E-state index contributed by atoms with van der Waals surface area (Å²) in [6, 6.07) is 12.6. The Morgan fingerprint density at radius 3 is 2.59 bits per heavy atom. The smallest absolute Gasteiger partial charge is 0.239 e. The number of carbonyl (C=O) groups excluding carboxylic acids is 1. The van der Waals surface area contributed by atoms with Crippen molar-refractivity contribution < 1.29 is 9.18 Å². The molecule has 0 bridgehead atoms. The van der Waals surface area contributed by atoms with Crippen LogP contribution in [0.15, 0.2) is 47.4 Å². The SMILES string of the molecule is Cc1ccc(SCC(=O)N(CCN(C)C)c2nc3ccc(F)cc3s2)cc1. The number of anilines is 1. The Bertz CT molecular complexity index is 925. The van der Waals surface area contributed by atoms with E-state index in [4.69, 9.17) is 0 Å². The number of carbonyl (C=O) groups is 1. The molecule has 3 aromatic rings. The highest BCUT2D eigenvalue weighted by atomic mass is 32.2. The number of rotatable bonds is 7. The van der Waals surface area contributed by atoms with Gasteiger partial charge in [-0.1, -0.05) is 29.0 Å². The lowest BCUT2D eigenvalue weighted by atomic mass is 10.2. The van der Waals surface area contributed by atoms with Crippen LogP contribution in [0.1, 0.15) is 5.56 Å². The molecular weight excluding hydrogens is 381 g/mol. The normalized spacial score (nSPS) is 11.3. The second-order valence-electron chi connectivity index (χ2n) is 6.56. The Hall–Kier alpha value is -1.96. The van der Waals surface area contributed by atoms with Gasteiger partial charge in [0.2, 0.25) is 5.91 Å². The van der Waals surface area contributed by atoms with Crippen LogP contribution in [-0.2, 0) is 4.79 Å². The number of benzene rings is 2. The minimum atomic E-state index is -0.293. The molecule has 0 aliphatic rings. The molecule has 4 nitrogen and oxygen atoms in total. The molecule has 142 valence electrons. The first-order valence-electron chi connectivity index (χ1n) is 8.63. The molecule has 0 saturated carbocycles. The zero-order valence-electron chi connectivity index (χ0n) is 15.6. The largest absolute Gasteiger partial charge is 0.308 e. The minimum Gasteiger partial charge on any atom is -0.308 e. The van der Waals surface area contributed by atoms with Gasteiger partial charge in [0.25, 0.3) is 0 Å². The van der Waals surface area contributed by atoms with Gasteiger partial charge in [-0.2, -0.15) is 0 Å². The molecule has 0 atom stereocenters. The van der Waals surface area contributed by atoms with E-state index < -0.39 is 0 Å². The molecule has 2 aromatic carbocycles. The molecule has 0 N–H and O–H groups in total. The Labute approximate surface area is 167 Å². The molecule has 0 saturated heterocycles. The number of aryl methyl sites for hydroxylation is 1. The number of thioether (sulfide) groups is 1. The van der Waals surface area contributed by atoms with Crippen LogP contribution in [0.5, 0.6) is 0 Å². The number of likely N-dealkylation sites (N-methyl/N-ethyl adjacent to an activating group) is 1. The highest BCUT2D eigenvalue weighted by Crippen LogP contribution is 2.30. The summed E-state index contributed by atoms with van der Waals surface area (Å²) in [5, 5.41) is 0.618. The number of hydrogen-bond donors (Lipinski definition) is 0. The van der Waals surface area contributed by atoms with Crippen LogP contribution in [0.4, 0.5) is 9.52 Å². The predicted octanol–water partition coefficient (Wildman–Crippen LogP) is 4.43. The maximum absolute atomic E-state index is 13.5. The van der Waals surface area contributed by atoms with Gasteiger partial charge < -0.3 is 4.90 Å². The van der Waals surface area contributed by atoms with Crippen LogP contribution in [0.3, 0.4) is 0 Å².